The zero-order chi connectivity index (χ0) is 14.5. The van der Waals surface area contributed by atoms with E-state index >= 15 is 0 Å². The van der Waals surface area contributed by atoms with Crippen molar-refractivity contribution in [3.05, 3.63) is 35.4 Å². The highest BCUT2D eigenvalue weighted by molar-refractivity contribution is 6.30. The van der Waals surface area contributed by atoms with Crippen LogP contribution in [0, 0.1) is 11.5 Å². The number of anilines is 1. The molecule has 0 spiro atoms. The molecule has 0 bridgehead atoms. The third-order valence-electron chi connectivity index (χ3n) is 2.11. The van der Waals surface area contributed by atoms with E-state index in [0.717, 1.165) is 17.0 Å². The van der Waals surface area contributed by atoms with Crippen LogP contribution in [0.15, 0.2) is 35.4 Å². The highest BCUT2D eigenvalue weighted by Gasteiger charge is 2.31. The van der Waals surface area contributed by atoms with Gasteiger partial charge in [0.15, 0.2) is 6.19 Å². The molecule has 0 aliphatic heterocycles. The first-order valence-electron chi connectivity index (χ1n) is 5.19. The second-order valence-electron chi connectivity index (χ2n) is 3.47. The van der Waals surface area contributed by atoms with Crippen LogP contribution in [0.1, 0.15) is 6.92 Å². The van der Waals surface area contributed by atoms with E-state index in [-0.39, 0.29) is 18.0 Å². The molecule has 0 amide bonds. The van der Waals surface area contributed by atoms with Crippen molar-refractivity contribution in [1.29, 1.82) is 5.26 Å². The minimum atomic E-state index is -4.77. The zero-order valence-corrected chi connectivity index (χ0v) is 10.7. The third kappa shape index (κ3) is 5.10. The molecule has 1 aromatic rings. The Bertz CT molecular complexity index is 508. The van der Waals surface area contributed by atoms with Crippen LogP contribution in [0.5, 0.6) is 5.75 Å². The Hall–Kier alpha value is -1.87. The quantitative estimate of drug-likeness (QED) is 0.621. The van der Waals surface area contributed by atoms with E-state index in [2.05, 4.69) is 4.74 Å². The number of benzene rings is 1. The number of nitriles is 1. The molecule has 102 valence electrons. The molecule has 7 heteroatoms. The first-order chi connectivity index (χ1) is 8.85. The highest BCUT2D eigenvalue weighted by atomic mass is 35.5. The summed E-state index contributed by atoms with van der Waals surface area (Å²) in [6.45, 7) is 1.78. The Morgan fingerprint density at radius 3 is 2.74 bits per heavy atom. The van der Waals surface area contributed by atoms with E-state index in [1.54, 1.807) is 13.0 Å². The summed E-state index contributed by atoms with van der Waals surface area (Å²) in [7, 11) is 0. The van der Waals surface area contributed by atoms with Crippen LogP contribution >= 0.6 is 11.6 Å². The van der Waals surface area contributed by atoms with Gasteiger partial charge in [0.1, 0.15) is 5.75 Å². The predicted octanol–water partition coefficient (Wildman–Crippen LogP) is 4.02. The standard InChI is InChI=1S/C12H10ClF3N2O/c1-2-9(13)7-18(8-17)10-4-3-5-11(6-10)19-12(14,15)16/h2-6H,7H2,1H3/b9-2-. The van der Waals surface area contributed by atoms with Crippen LogP contribution in [0.25, 0.3) is 0 Å². The van der Waals surface area contributed by atoms with Gasteiger partial charge in [-0.2, -0.15) is 5.26 Å². The van der Waals surface area contributed by atoms with Gasteiger partial charge < -0.3 is 4.74 Å². The molecule has 0 saturated carbocycles. The molecule has 0 aliphatic carbocycles. The summed E-state index contributed by atoms with van der Waals surface area (Å²) in [4.78, 5) is 1.16. The van der Waals surface area contributed by atoms with E-state index in [1.807, 2.05) is 6.19 Å². The average Bonchev–Trinajstić information content (AvgIpc) is 2.33. The number of hydrogen-bond acceptors (Lipinski definition) is 3. The van der Waals surface area contributed by atoms with Gasteiger partial charge in [-0.3, -0.25) is 4.90 Å². The van der Waals surface area contributed by atoms with Gasteiger partial charge in [0.05, 0.1) is 12.2 Å². The van der Waals surface area contributed by atoms with Crippen LogP contribution in [0.2, 0.25) is 0 Å². The second kappa shape index (κ2) is 6.34. The summed E-state index contributed by atoms with van der Waals surface area (Å²) < 4.78 is 40.1. The van der Waals surface area contributed by atoms with Crippen molar-refractivity contribution in [2.45, 2.75) is 13.3 Å². The molecule has 0 N–H and O–H groups in total. The molecule has 0 saturated heterocycles. The molecule has 0 unspecified atom stereocenters. The van der Waals surface area contributed by atoms with Gasteiger partial charge in [0.25, 0.3) is 0 Å². The van der Waals surface area contributed by atoms with Gasteiger partial charge in [0, 0.05) is 11.1 Å². The maximum Gasteiger partial charge on any atom is 0.573 e. The fourth-order valence-corrected chi connectivity index (χ4v) is 1.39. The Balaban J connectivity index is 2.94. The summed E-state index contributed by atoms with van der Waals surface area (Å²) in [5.41, 5.74) is 0.268. The maximum absolute atomic E-state index is 12.1. The van der Waals surface area contributed by atoms with E-state index in [4.69, 9.17) is 16.9 Å². The second-order valence-corrected chi connectivity index (χ2v) is 3.95. The first kappa shape index (κ1) is 15.2. The van der Waals surface area contributed by atoms with E-state index < -0.39 is 6.36 Å². The molecule has 1 aromatic carbocycles. The Morgan fingerprint density at radius 1 is 1.53 bits per heavy atom. The molecule has 0 heterocycles. The van der Waals surface area contributed by atoms with Gasteiger partial charge in [-0.15, -0.1) is 13.2 Å². The molecular formula is C12H10ClF3N2O. The number of allylic oxidation sites excluding steroid dienone is 1. The fourth-order valence-electron chi connectivity index (χ4n) is 1.28. The van der Waals surface area contributed by atoms with Crippen LogP contribution in [0.3, 0.4) is 0 Å². The summed E-state index contributed by atoms with van der Waals surface area (Å²) in [6.07, 6.45) is -1.32. The molecular weight excluding hydrogens is 281 g/mol. The van der Waals surface area contributed by atoms with Gasteiger partial charge in [0.2, 0.25) is 0 Å². The lowest BCUT2D eigenvalue weighted by Gasteiger charge is -2.16. The van der Waals surface area contributed by atoms with E-state index in [9.17, 15) is 13.2 Å². The minimum Gasteiger partial charge on any atom is -0.406 e. The normalized spacial score (nSPS) is 11.9. The lowest BCUT2D eigenvalue weighted by atomic mass is 10.2. The third-order valence-corrected chi connectivity index (χ3v) is 2.44. The first-order valence-corrected chi connectivity index (χ1v) is 5.57. The largest absolute Gasteiger partial charge is 0.573 e. The molecule has 19 heavy (non-hydrogen) atoms. The number of hydrogen-bond donors (Lipinski definition) is 0. The molecule has 0 fully saturated rings. The van der Waals surface area contributed by atoms with Crippen molar-refractivity contribution in [3.63, 3.8) is 0 Å². The predicted molar refractivity (Wildman–Crippen MR) is 65.7 cm³/mol. The number of ether oxygens (including phenoxy) is 1. The summed E-state index contributed by atoms with van der Waals surface area (Å²) in [5.74, 6) is -0.387. The Morgan fingerprint density at radius 2 is 2.21 bits per heavy atom. The van der Waals surface area contributed by atoms with Gasteiger partial charge in [-0.1, -0.05) is 23.7 Å². The topological polar surface area (TPSA) is 36.3 Å². The molecule has 0 atom stereocenters. The number of rotatable bonds is 4. The minimum absolute atomic E-state index is 0.0873. The molecule has 0 radical (unpaired) electrons. The smallest absolute Gasteiger partial charge is 0.406 e. The Kier molecular flexibility index (Phi) is 5.07. The van der Waals surface area contributed by atoms with Crippen LogP contribution < -0.4 is 9.64 Å². The molecule has 3 nitrogen and oxygen atoms in total. The lowest BCUT2D eigenvalue weighted by molar-refractivity contribution is -0.274. The van der Waals surface area contributed by atoms with Crippen LogP contribution in [-0.4, -0.2) is 12.9 Å². The van der Waals surface area contributed by atoms with E-state index in [0.29, 0.717) is 5.03 Å². The summed E-state index contributed by atoms with van der Waals surface area (Å²) in [6, 6.07) is 5.14. The molecule has 1 rings (SSSR count). The van der Waals surface area contributed by atoms with Crippen LogP contribution in [-0.2, 0) is 0 Å². The monoisotopic (exact) mass is 290 g/mol. The van der Waals surface area contributed by atoms with Crippen molar-refractivity contribution in [3.8, 4) is 11.9 Å². The van der Waals surface area contributed by atoms with Gasteiger partial charge in [-0.25, -0.2) is 0 Å². The van der Waals surface area contributed by atoms with Crippen molar-refractivity contribution in [2.24, 2.45) is 0 Å². The lowest BCUT2D eigenvalue weighted by Crippen LogP contribution is -2.19. The van der Waals surface area contributed by atoms with E-state index in [1.165, 1.54) is 12.1 Å². The zero-order valence-electron chi connectivity index (χ0n) is 9.91. The SMILES string of the molecule is C/C=C(\Cl)CN(C#N)c1cccc(OC(F)(F)F)c1. The fraction of sp³-hybridized carbons (Fsp3) is 0.250. The van der Waals surface area contributed by atoms with Gasteiger partial charge in [-0.05, 0) is 19.1 Å². The van der Waals surface area contributed by atoms with Crippen LogP contribution in [0.4, 0.5) is 18.9 Å². The van der Waals surface area contributed by atoms with Gasteiger partial charge >= 0.3 is 6.36 Å². The maximum atomic E-state index is 12.1. The molecule has 0 aromatic heterocycles. The van der Waals surface area contributed by atoms with Crippen molar-refractivity contribution in [2.75, 3.05) is 11.4 Å². The van der Waals surface area contributed by atoms with Crippen molar-refractivity contribution < 1.29 is 17.9 Å². The molecule has 0 aliphatic rings. The highest BCUT2D eigenvalue weighted by Crippen LogP contribution is 2.27. The Labute approximate surface area is 113 Å². The van der Waals surface area contributed by atoms with Crippen molar-refractivity contribution in [1.82, 2.24) is 0 Å². The number of halogens is 4. The average molecular weight is 291 g/mol. The number of alkyl halides is 3. The number of nitrogens with zero attached hydrogens (tertiary/aromatic N) is 2. The van der Waals surface area contributed by atoms with Crippen molar-refractivity contribution >= 4 is 17.3 Å². The summed E-state index contributed by atoms with van der Waals surface area (Å²) >= 11 is 5.79. The summed E-state index contributed by atoms with van der Waals surface area (Å²) in [5, 5.41) is 9.38.